The second-order valence-electron chi connectivity index (χ2n) is 5.88. The first-order valence-corrected chi connectivity index (χ1v) is 6.34. The summed E-state index contributed by atoms with van der Waals surface area (Å²) in [6.07, 6.45) is 11.0. The maximum absolute atomic E-state index is 2.55. The van der Waals surface area contributed by atoms with E-state index < -0.39 is 0 Å². The second-order valence-corrected chi connectivity index (χ2v) is 5.88. The van der Waals surface area contributed by atoms with Crippen molar-refractivity contribution in [1.29, 1.82) is 0 Å². The molecule has 0 aromatic rings. The molecule has 0 heteroatoms. The van der Waals surface area contributed by atoms with Crippen molar-refractivity contribution >= 4 is 0 Å². The van der Waals surface area contributed by atoms with Crippen LogP contribution in [0.25, 0.3) is 0 Å². The quantitative estimate of drug-likeness (QED) is 0.528. The van der Waals surface area contributed by atoms with Gasteiger partial charge in [-0.05, 0) is 61.7 Å². The van der Waals surface area contributed by atoms with E-state index in [1.807, 2.05) is 0 Å². The van der Waals surface area contributed by atoms with E-state index in [0.717, 1.165) is 29.6 Å². The highest BCUT2D eigenvalue weighted by Crippen LogP contribution is 2.52. The Bertz CT molecular complexity index is 192. The third-order valence-electron chi connectivity index (χ3n) is 5.43. The van der Waals surface area contributed by atoms with Crippen molar-refractivity contribution in [2.45, 2.75) is 51.9 Å². The van der Waals surface area contributed by atoms with Crippen LogP contribution in [-0.4, -0.2) is 0 Å². The fourth-order valence-corrected chi connectivity index (χ4v) is 4.52. The molecule has 0 amide bonds. The van der Waals surface area contributed by atoms with Crippen LogP contribution in [0.3, 0.4) is 0 Å². The molecule has 0 aromatic heterocycles. The standard InChI is InChI=1S/C13H22/c1-9-11-4-2-10-3-5-12(7-6-11)13(9)8-10/h9-13H,2-8H2,1H3. The molecule has 0 aromatic carbocycles. The number of rotatable bonds is 0. The Kier molecular flexibility index (Phi) is 1.92. The Labute approximate surface area is 82.1 Å². The summed E-state index contributed by atoms with van der Waals surface area (Å²) in [5.74, 6) is 5.60. The summed E-state index contributed by atoms with van der Waals surface area (Å²) in [5, 5.41) is 0. The van der Waals surface area contributed by atoms with Gasteiger partial charge in [0.25, 0.3) is 0 Å². The molecular weight excluding hydrogens is 156 g/mol. The van der Waals surface area contributed by atoms with E-state index in [1.165, 1.54) is 0 Å². The van der Waals surface area contributed by atoms with E-state index in [-0.39, 0.29) is 0 Å². The molecule has 0 aliphatic heterocycles. The largest absolute Gasteiger partial charge is 0.0620 e. The van der Waals surface area contributed by atoms with Gasteiger partial charge in [0.05, 0.1) is 0 Å². The lowest BCUT2D eigenvalue weighted by molar-refractivity contribution is 0.0692. The molecule has 0 N–H and O–H groups in total. The molecule has 0 nitrogen and oxygen atoms in total. The molecule has 0 spiro atoms. The highest BCUT2D eigenvalue weighted by Gasteiger charge is 2.42. The highest BCUT2D eigenvalue weighted by atomic mass is 14.5. The third-order valence-corrected chi connectivity index (χ3v) is 5.43. The molecule has 13 heavy (non-hydrogen) atoms. The SMILES string of the molecule is CC1C2CCC3CCC(CC2)C1C3. The van der Waals surface area contributed by atoms with E-state index in [2.05, 4.69) is 6.92 Å². The molecule has 74 valence electrons. The van der Waals surface area contributed by atoms with Gasteiger partial charge in [-0.25, -0.2) is 0 Å². The summed E-state index contributed by atoms with van der Waals surface area (Å²) >= 11 is 0. The molecule has 5 atom stereocenters. The van der Waals surface area contributed by atoms with Crippen LogP contribution in [0.4, 0.5) is 0 Å². The smallest absolute Gasteiger partial charge is 0.0355 e. The first kappa shape index (κ1) is 8.32. The molecular formula is C13H22. The van der Waals surface area contributed by atoms with E-state index in [4.69, 9.17) is 0 Å². The molecule has 3 bridgehead atoms. The Hall–Kier alpha value is 0. The summed E-state index contributed by atoms with van der Waals surface area (Å²) in [6.45, 7) is 2.55. The first-order chi connectivity index (χ1) is 6.34. The van der Waals surface area contributed by atoms with Crippen LogP contribution in [0, 0.1) is 29.6 Å². The summed E-state index contributed by atoms with van der Waals surface area (Å²) in [6, 6.07) is 0. The van der Waals surface area contributed by atoms with Crippen molar-refractivity contribution in [3.05, 3.63) is 0 Å². The molecule has 0 saturated heterocycles. The van der Waals surface area contributed by atoms with E-state index >= 15 is 0 Å². The van der Waals surface area contributed by atoms with Gasteiger partial charge in [0.2, 0.25) is 0 Å². The van der Waals surface area contributed by atoms with Crippen LogP contribution in [-0.2, 0) is 0 Å². The van der Waals surface area contributed by atoms with E-state index in [9.17, 15) is 0 Å². The molecule has 3 aliphatic rings. The topological polar surface area (TPSA) is 0 Å². The predicted octanol–water partition coefficient (Wildman–Crippen LogP) is 3.86. The molecule has 5 unspecified atom stereocenters. The zero-order chi connectivity index (χ0) is 8.84. The minimum atomic E-state index is 1.07. The Morgan fingerprint density at radius 2 is 1.38 bits per heavy atom. The van der Waals surface area contributed by atoms with Crippen LogP contribution in [0.5, 0.6) is 0 Å². The zero-order valence-electron chi connectivity index (χ0n) is 8.84. The fraction of sp³-hybridized carbons (Fsp3) is 1.00. The molecule has 3 fully saturated rings. The summed E-state index contributed by atoms with van der Waals surface area (Å²) in [7, 11) is 0. The summed E-state index contributed by atoms with van der Waals surface area (Å²) in [4.78, 5) is 0. The van der Waals surface area contributed by atoms with Crippen molar-refractivity contribution in [2.24, 2.45) is 29.6 Å². The number of fused-ring (bicyclic) bond motifs is 2. The predicted molar refractivity (Wildman–Crippen MR) is 55.4 cm³/mol. The average molecular weight is 178 g/mol. The maximum Gasteiger partial charge on any atom is -0.0355 e. The minimum absolute atomic E-state index is 1.07. The van der Waals surface area contributed by atoms with Gasteiger partial charge in [-0.15, -0.1) is 0 Å². The highest BCUT2D eigenvalue weighted by molar-refractivity contribution is 4.92. The zero-order valence-corrected chi connectivity index (χ0v) is 8.84. The lowest BCUT2D eigenvalue weighted by Gasteiger charge is -2.43. The summed E-state index contributed by atoms with van der Waals surface area (Å²) < 4.78 is 0. The molecule has 3 rings (SSSR count). The molecule has 0 heterocycles. The van der Waals surface area contributed by atoms with Crippen LogP contribution < -0.4 is 0 Å². The van der Waals surface area contributed by atoms with Gasteiger partial charge in [0.15, 0.2) is 0 Å². The molecule has 3 aliphatic carbocycles. The summed E-state index contributed by atoms with van der Waals surface area (Å²) in [5.41, 5.74) is 0. The molecule has 0 radical (unpaired) electrons. The Balaban J connectivity index is 1.90. The Morgan fingerprint density at radius 1 is 0.769 bits per heavy atom. The van der Waals surface area contributed by atoms with Crippen LogP contribution in [0.2, 0.25) is 0 Å². The normalized spacial score (nSPS) is 54.7. The second kappa shape index (κ2) is 3.00. The van der Waals surface area contributed by atoms with Crippen LogP contribution >= 0.6 is 0 Å². The minimum Gasteiger partial charge on any atom is -0.0620 e. The number of hydrogen-bond donors (Lipinski definition) is 0. The van der Waals surface area contributed by atoms with Gasteiger partial charge in [-0.3, -0.25) is 0 Å². The van der Waals surface area contributed by atoms with Crippen molar-refractivity contribution in [3.63, 3.8) is 0 Å². The Morgan fingerprint density at radius 3 is 2.23 bits per heavy atom. The van der Waals surface area contributed by atoms with Gasteiger partial charge in [0.1, 0.15) is 0 Å². The van der Waals surface area contributed by atoms with Crippen LogP contribution in [0.15, 0.2) is 0 Å². The van der Waals surface area contributed by atoms with E-state index in [0.29, 0.717) is 0 Å². The van der Waals surface area contributed by atoms with Crippen molar-refractivity contribution in [3.8, 4) is 0 Å². The monoisotopic (exact) mass is 178 g/mol. The molecule has 3 saturated carbocycles. The van der Waals surface area contributed by atoms with Gasteiger partial charge < -0.3 is 0 Å². The van der Waals surface area contributed by atoms with Crippen molar-refractivity contribution in [2.75, 3.05) is 0 Å². The fourth-order valence-electron chi connectivity index (χ4n) is 4.52. The average Bonchev–Trinajstić information content (AvgIpc) is 2.29. The number of hydrogen-bond acceptors (Lipinski definition) is 0. The maximum atomic E-state index is 2.55. The van der Waals surface area contributed by atoms with Crippen LogP contribution in [0.1, 0.15) is 51.9 Å². The van der Waals surface area contributed by atoms with Gasteiger partial charge in [0, 0.05) is 0 Å². The lowest BCUT2D eigenvalue weighted by Crippen LogP contribution is -2.34. The lowest BCUT2D eigenvalue weighted by atomic mass is 9.62. The van der Waals surface area contributed by atoms with Crippen molar-refractivity contribution < 1.29 is 0 Å². The van der Waals surface area contributed by atoms with Gasteiger partial charge in [-0.2, -0.15) is 0 Å². The van der Waals surface area contributed by atoms with Crippen molar-refractivity contribution in [1.82, 2.24) is 0 Å². The van der Waals surface area contributed by atoms with E-state index in [1.54, 1.807) is 44.9 Å². The third kappa shape index (κ3) is 1.25. The van der Waals surface area contributed by atoms with Gasteiger partial charge in [-0.1, -0.05) is 19.8 Å². The first-order valence-electron chi connectivity index (χ1n) is 6.34. The van der Waals surface area contributed by atoms with Gasteiger partial charge >= 0.3 is 0 Å².